The van der Waals surface area contributed by atoms with Crippen molar-refractivity contribution in [3.8, 4) is 17.2 Å². The van der Waals surface area contributed by atoms with Crippen LogP contribution in [0.4, 0.5) is 5.69 Å². The molecule has 19 heavy (non-hydrogen) atoms. The maximum absolute atomic E-state index is 5.92. The molecule has 2 aromatic rings. The minimum absolute atomic E-state index is 0.586. The second-order valence-electron chi connectivity index (χ2n) is 4.18. The minimum atomic E-state index is 0.586. The van der Waals surface area contributed by atoms with Gasteiger partial charge in [0, 0.05) is 28.9 Å². The molecule has 2 aromatic carbocycles. The van der Waals surface area contributed by atoms with E-state index in [4.69, 9.17) is 26.8 Å². The molecule has 4 heteroatoms. The zero-order valence-electron chi connectivity index (χ0n) is 10.9. The molecule has 0 heterocycles. The Hall–Kier alpha value is -1.87. The Morgan fingerprint density at radius 1 is 1.11 bits per heavy atom. The number of hydrogen-bond acceptors (Lipinski definition) is 3. The Morgan fingerprint density at radius 3 is 2.53 bits per heavy atom. The minimum Gasteiger partial charge on any atom is -0.494 e. The fourth-order valence-electron chi connectivity index (χ4n) is 1.76. The van der Waals surface area contributed by atoms with E-state index < -0.39 is 0 Å². The number of nitrogens with two attached hydrogens (primary N) is 1. The Morgan fingerprint density at radius 2 is 1.84 bits per heavy atom. The molecule has 0 amide bonds. The Labute approximate surface area is 117 Å². The van der Waals surface area contributed by atoms with E-state index in [1.54, 1.807) is 18.2 Å². The van der Waals surface area contributed by atoms with Crippen LogP contribution >= 0.6 is 11.6 Å². The maximum atomic E-state index is 5.92. The van der Waals surface area contributed by atoms with Gasteiger partial charge in [-0.25, -0.2) is 0 Å². The zero-order valence-corrected chi connectivity index (χ0v) is 11.7. The fraction of sp³-hybridized carbons (Fsp3) is 0.200. The first-order valence-corrected chi connectivity index (χ1v) is 6.43. The number of halogens is 1. The highest BCUT2D eigenvalue weighted by Crippen LogP contribution is 2.31. The average molecular weight is 278 g/mol. The molecule has 2 rings (SSSR count). The van der Waals surface area contributed by atoms with Crippen molar-refractivity contribution >= 4 is 17.3 Å². The lowest BCUT2D eigenvalue weighted by molar-refractivity contribution is 0.338. The summed E-state index contributed by atoms with van der Waals surface area (Å²) in [5, 5.41) is 0.687. The molecule has 0 unspecified atom stereocenters. The third-order valence-electron chi connectivity index (χ3n) is 2.58. The van der Waals surface area contributed by atoms with Crippen LogP contribution in [0.2, 0.25) is 5.02 Å². The number of hydrogen-bond donors (Lipinski definition) is 1. The Balaban J connectivity index is 2.27. The summed E-state index contributed by atoms with van der Waals surface area (Å²) in [5.41, 5.74) is 7.39. The molecule has 3 nitrogen and oxygen atoms in total. The van der Waals surface area contributed by atoms with Crippen LogP contribution in [0.25, 0.3) is 0 Å². The smallest absolute Gasteiger partial charge is 0.133 e. The average Bonchev–Trinajstić information content (AvgIpc) is 2.32. The highest BCUT2D eigenvalue weighted by Gasteiger charge is 2.05. The van der Waals surface area contributed by atoms with E-state index in [1.165, 1.54) is 0 Å². The number of aryl methyl sites for hydroxylation is 1. The predicted molar refractivity (Wildman–Crippen MR) is 78.3 cm³/mol. The monoisotopic (exact) mass is 277 g/mol. The van der Waals surface area contributed by atoms with Gasteiger partial charge in [-0.15, -0.1) is 0 Å². The number of nitrogen functional groups attached to an aromatic ring is 1. The van der Waals surface area contributed by atoms with Gasteiger partial charge in [0.25, 0.3) is 0 Å². The first kappa shape index (κ1) is 13.6. The van der Waals surface area contributed by atoms with Crippen molar-refractivity contribution in [3.63, 3.8) is 0 Å². The van der Waals surface area contributed by atoms with E-state index in [-0.39, 0.29) is 0 Å². The van der Waals surface area contributed by atoms with Gasteiger partial charge < -0.3 is 15.2 Å². The summed E-state index contributed by atoms with van der Waals surface area (Å²) in [6.07, 6.45) is 0. The molecule has 0 aliphatic rings. The van der Waals surface area contributed by atoms with Gasteiger partial charge in [0.2, 0.25) is 0 Å². The molecule has 0 fully saturated rings. The largest absolute Gasteiger partial charge is 0.494 e. The zero-order chi connectivity index (χ0) is 13.8. The van der Waals surface area contributed by atoms with Crippen molar-refractivity contribution < 1.29 is 9.47 Å². The van der Waals surface area contributed by atoms with Crippen molar-refractivity contribution in [1.29, 1.82) is 0 Å². The molecular formula is C15H16ClNO2. The lowest BCUT2D eigenvalue weighted by Crippen LogP contribution is -1.95. The molecule has 0 atom stereocenters. The number of ether oxygens (including phenoxy) is 2. The SMILES string of the molecule is CCOc1cc(N)cc(Oc2ccc(Cl)cc2C)c1. The first-order valence-electron chi connectivity index (χ1n) is 6.06. The Kier molecular flexibility index (Phi) is 4.17. The van der Waals surface area contributed by atoms with Crippen molar-refractivity contribution in [3.05, 3.63) is 47.0 Å². The summed E-state index contributed by atoms with van der Waals surface area (Å²) in [5.74, 6) is 2.09. The number of benzene rings is 2. The third-order valence-corrected chi connectivity index (χ3v) is 2.81. The highest BCUT2D eigenvalue weighted by molar-refractivity contribution is 6.30. The van der Waals surface area contributed by atoms with Crippen LogP contribution in [0.3, 0.4) is 0 Å². The van der Waals surface area contributed by atoms with E-state index >= 15 is 0 Å². The van der Waals surface area contributed by atoms with Crippen LogP contribution in [0.1, 0.15) is 12.5 Å². The van der Waals surface area contributed by atoms with E-state index in [2.05, 4.69) is 0 Å². The van der Waals surface area contributed by atoms with Gasteiger partial charge in [0.15, 0.2) is 0 Å². The molecular weight excluding hydrogens is 262 g/mol. The molecule has 0 saturated carbocycles. The highest BCUT2D eigenvalue weighted by atomic mass is 35.5. The van der Waals surface area contributed by atoms with Crippen molar-refractivity contribution in [2.75, 3.05) is 12.3 Å². The molecule has 0 aromatic heterocycles. The maximum Gasteiger partial charge on any atom is 0.133 e. The van der Waals surface area contributed by atoms with Gasteiger partial charge in [0.1, 0.15) is 17.2 Å². The number of anilines is 1. The van der Waals surface area contributed by atoms with E-state index in [1.807, 2.05) is 32.0 Å². The van der Waals surface area contributed by atoms with Crippen LogP contribution in [-0.2, 0) is 0 Å². The lowest BCUT2D eigenvalue weighted by atomic mass is 10.2. The van der Waals surface area contributed by atoms with Crippen LogP contribution in [0.15, 0.2) is 36.4 Å². The second-order valence-corrected chi connectivity index (χ2v) is 4.62. The van der Waals surface area contributed by atoms with Gasteiger partial charge in [-0.1, -0.05) is 11.6 Å². The van der Waals surface area contributed by atoms with E-state index in [0.717, 1.165) is 11.3 Å². The van der Waals surface area contributed by atoms with E-state index in [9.17, 15) is 0 Å². The van der Waals surface area contributed by atoms with Crippen LogP contribution in [-0.4, -0.2) is 6.61 Å². The molecule has 0 saturated heterocycles. The van der Waals surface area contributed by atoms with Crippen LogP contribution in [0.5, 0.6) is 17.2 Å². The van der Waals surface area contributed by atoms with Crippen LogP contribution < -0.4 is 15.2 Å². The van der Waals surface area contributed by atoms with Gasteiger partial charge in [-0.2, -0.15) is 0 Å². The van der Waals surface area contributed by atoms with Crippen molar-refractivity contribution in [2.45, 2.75) is 13.8 Å². The summed E-state index contributed by atoms with van der Waals surface area (Å²) >= 11 is 5.92. The van der Waals surface area contributed by atoms with Crippen LogP contribution in [0, 0.1) is 6.92 Å². The molecule has 0 aliphatic carbocycles. The Bertz CT molecular complexity index is 584. The molecule has 0 radical (unpaired) electrons. The molecule has 0 bridgehead atoms. The summed E-state index contributed by atoms with van der Waals surface area (Å²) < 4.78 is 11.2. The standard InChI is InChI=1S/C15H16ClNO2/c1-3-18-13-7-12(17)8-14(9-13)19-15-5-4-11(16)6-10(15)2/h4-9H,3,17H2,1-2H3. The summed E-state index contributed by atoms with van der Waals surface area (Å²) in [4.78, 5) is 0. The molecule has 0 aliphatic heterocycles. The van der Waals surface area contributed by atoms with Crippen molar-refractivity contribution in [2.24, 2.45) is 0 Å². The third kappa shape index (κ3) is 3.55. The fourth-order valence-corrected chi connectivity index (χ4v) is 1.98. The molecule has 2 N–H and O–H groups in total. The summed E-state index contributed by atoms with van der Waals surface area (Å²) in [6, 6.07) is 10.8. The van der Waals surface area contributed by atoms with Gasteiger partial charge in [0.05, 0.1) is 6.61 Å². The summed E-state index contributed by atoms with van der Waals surface area (Å²) in [6.45, 7) is 4.45. The predicted octanol–water partition coefficient (Wildman–Crippen LogP) is 4.42. The van der Waals surface area contributed by atoms with E-state index in [0.29, 0.717) is 28.8 Å². The number of rotatable bonds is 4. The normalized spacial score (nSPS) is 10.3. The van der Waals surface area contributed by atoms with Gasteiger partial charge in [-0.05, 0) is 37.6 Å². The quantitative estimate of drug-likeness (QED) is 0.841. The lowest BCUT2D eigenvalue weighted by Gasteiger charge is -2.11. The first-order chi connectivity index (χ1) is 9.08. The summed E-state index contributed by atoms with van der Waals surface area (Å²) in [7, 11) is 0. The molecule has 100 valence electrons. The topological polar surface area (TPSA) is 44.5 Å². The van der Waals surface area contributed by atoms with Crippen molar-refractivity contribution in [1.82, 2.24) is 0 Å². The molecule has 0 spiro atoms. The van der Waals surface area contributed by atoms with Gasteiger partial charge in [-0.3, -0.25) is 0 Å². The van der Waals surface area contributed by atoms with Gasteiger partial charge >= 0.3 is 0 Å². The second kappa shape index (κ2) is 5.85.